The van der Waals surface area contributed by atoms with Crippen LogP contribution in [0.1, 0.15) is 44.6 Å². The Bertz CT molecular complexity index is 708. The molecule has 1 amide bonds. The standard InChI is InChI=1S/C17H23NO5S/c1-17(2,16(21)18-14-8-9-14)24(22,23)11-13(10-15(19)20)12-6-4-3-5-7-12/h3-7,13-14H,8-11H2,1-2H3,(H,18,21)(H,19,20). The highest BCUT2D eigenvalue weighted by atomic mass is 32.2. The van der Waals surface area contributed by atoms with Crippen LogP contribution >= 0.6 is 0 Å². The summed E-state index contributed by atoms with van der Waals surface area (Å²) in [7, 11) is -3.85. The van der Waals surface area contributed by atoms with Gasteiger partial charge in [0.25, 0.3) is 0 Å². The molecular weight excluding hydrogens is 330 g/mol. The van der Waals surface area contributed by atoms with Gasteiger partial charge in [-0.3, -0.25) is 9.59 Å². The lowest BCUT2D eigenvalue weighted by atomic mass is 9.98. The molecule has 1 aliphatic carbocycles. The third kappa shape index (κ3) is 4.35. The molecule has 6 nitrogen and oxygen atoms in total. The van der Waals surface area contributed by atoms with Gasteiger partial charge in [-0.05, 0) is 32.3 Å². The Morgan fingerprint density at radius 3 is 2.33 bits per heavy atom. The lowest BCUT2D eigenvalue weighted by Gasteiger charge is -2.26. The Morgan fingerprint density at radius 1 is 1.25 bits per heavy atom. The molecule has 1 fully saturated rings. The van der Waals surface area contributed by atoms with Gasteiger partial charge >= 0.3 is 5.97 Å². The molecule has 132 valence electrons. The van der Waals surface area contributed by atoms with Gasteiger partial charge in [-0.2, -0.15) is 0 Å². The topological polar surface area (TPSA) is 101 Å². The molecule has 1 aromatic carbocycles. The van der Waals surface area contributed by atoms with Crippen LogP contribution in [0, 0.1) is 0 Å². The van der Waals surface area contributed by atoms with E-state index in [1.54, 1.807) is 30.3 Å². The zero-order chi connectivity index (χ0) is 18.0. The molecule has 0 aliphatic heterocycles. The SMILES string of the molecule is CC(C)(C(=O)NC1CC1)S(=O)(=O)CC(CC(=O)O)c1ccccc1. The molecule has 0 aromatic heterocycles. The number of hydrogen-bond donors (Lipinski definition) is 2. The number of nitrogens with one attached hydrogen (secondary N) is 1. The molecule has 1 unspecified atom stereocenters. The Hall–Kier alpha value is -1.89. The summed E-state index contributed by atoms with van der Waals surface area (Å²) in [5.41, 5.74) is 0.641. The lowest BCUT2D eigenvalue weighted by molar-refractivity contribution is -0.137. The summed E-state index contributed by atoms with van der Waals surface area (Å²) >= 11 is 0. The minimum Gasteiger partial charge on any atom is -0.481 e. The maximum atomic E-state index is 12.8. The molecule has 2 N–H and O–H groups in total. The van der Waals surface area contributed by atoms with Gasteiger partial charge in [0.05, 0.1) is 12.2 Å². The third-order valence-electron chi connectivity index (χ3n) is 4.35. The summed E-state index contributed by atoms with van der Waals surface area (Å²) < 4.78 is 24.0. The van der Waals surface area contributed by atoms with Gasteiger partial charge in [0.2, 0.25) is 5.91 Å². The number of aliphatic carboxylic acids is 1. The fourth-order valence-electron chi connectivity index (χ4n) is 2.41. The summed E-state index contributed by atoms with van der Waals surface area (Å²) in [6, 6.07) is 8.74. The van der Waals surface area contributed by atoms with Gasteiger partial charge in [0.15, 0.2) is 9.84 Å². The van der Waals surface area contributed by atoms with Crippen molar-refractivity contribution < 1.29 is 23.1 Å². The zero-order valence-electron chi connectivity index (χ0n) is 13.9. The smallest absolute Gasteiger partial charge is 0.303 e. The average Bonchev–Trinajstić information content (AvgIpc) is 3.30. The number of carboxylic acids is 1. The third-order valence-corrected chi connectivity index (χ3v) is 6.93. The van der Waals surface area contributed by atoms with Crippen molar-refractivity contribution >= 4 is 21.7 Å². The highest BCUT2D eigenvalue weighted by Gasteiger charge is 2.44. The average molecular weight is 353 g/mol. The normalized spacial score (nSPS) is 16.4. The quantitative estimate of drug-likeness (QED) is 0.741. The molecule has 0 saturated heterocycles. The summed E-state index contributed by atoms with van der Waals surface area (Å²) in [5, 5.41) is 11.8. The monoisotopic (exact) mass is 353 g/mol. The summed E-state index contributed by atoms with van der Waals surface area (Å²) in [6.07, 6.45) is 1.44. The minimum atomic E-state index is -3.85. The lowest BCUT2D eigenvalue weighted by Crippen LogP contribution is -2.50. The van der Waals surface area contributed by atoms with E-state index in [9.17, 15) is 18.0 Å². The van der Waals surface area contributed by atoms with E-state index < -0.39 is 32.4 Å². The second kappa shape index (κ2) is 6.93. The fraction of sp³-hybridized carbons (Fsp3) is 0.529. The van der Waals surface area contributed by atoms with Crippen molar-refractivity contribution in [2.24, 2.45) is 0 Å². The molecule has 0 heterocycles. The highest BCUT2D eigenvalue weighted by molar-refractivity contribution is 7.93. The number of hydrogen-bond acceptors (Lipinski definition) is 4. The van der Waals surface area contributed by atoms with Crippen molar-refractivity contribution in [3.8, 4) is 0 Å². The van der Waals surface area contributed by atoms with E-state index in [-0.39, 0.29) is 18.2 Å². The van der Waals surface area contributed by atoms with Gasteiger partial charge in [-0.1, -0.05) is 30.3 Å². The second-order valence-corrected chi connectivity index (χ2v) is 9.33. The molecular formula is C17H23NO5S. The maximum Gasteiger partial charge on any atom is 0.303 e. The van der Waals surface area contributed by atoms with Crippen molar-refractivity contribution in [2.45, 2.75) is 49.8 Å². The van der Waals surface area contributed by atoms with E-state index in [2.05, 4.69) is 5.32 Å². The Kier molecular flexibility index (Phi) is 5.32. The van der Waals surface area contributed by atoms with E-state index in [4.69, 9.17) is 5.11 Å². The molecule has 2 rings (SSSR count). The first kappa shape index (κ1) is 18.4. The van der Waals surface area contributed by atoms with Crippen molar-refractivity contribution in [3.63, 3.8) is 0 Å². The Morgan fingerprint density at radius 2 is 1.83 bits per heavy atom. The van der Waals surface area contributed by atoms with Crippen LogP contribution in [0.15, 0.2) is 30.3 Å². The van der Waals surface area contributed by atoms with E-state index in [1.807, 2.05) is 0 Å². The largest absolute Gasteiger partial charge is 0.481 e. The first-order valence-electron chi connectivity index (χ1n) is 7.93. The predicted octanol–water partition coefficient (Wildman–Crippen LogP) is 1.72. The van der Waals surface area contributed by atoms with E-state index in [0.717, 1.165) is 12.8 Å². The van der Waals surface area contributed by atoms with Crippen LogP contribution in [-0.2, 0) is 19.4 Å². The van der Waals surface area contributed by atoms with Crippen LogP contribution in [0.3, 0.4) is 0 Å². The summed E-state index contributed by atoms with van der Waals surface area (Å²) in [6.45, 7) is 2.76. The van der Waals surface area contributed by atoms with Crippen LogP contribution in [-0.4, -0.2) is 41.9 Å². The first-order valence-corrected chi connectivity index (χ1v) is 9.58. The number of sulfone groups is 1. The molecule has 0 radical (unpaired) electrons. The summed E-state index contributed by atoms with van der Waals surface area (Å²) in [4.78, 5) is 23.4. The zero-order valence-corrected chi connectivity index (χ0v) is 14.7. The number of amides is 1. The van der Waals surface area contributed by atoms with Crippen LogP contribution in [0.25, 0.3) is 0 Å². The van der Waals surface area contributed by atoms with Crippen molar-refractivity contribution in [1.29, 1.82) is 0 Å². The van der Waals surface area contributed by atoms with Crippen LogP contribution in [0.5, 0.6) is 0 Å². The Labute approximate surface area is 142 Å². The van der Waals surface area contributed by atoms with Gasteiger partial charge in [0, 0.05) is 12.0 Å². The molecule has 0 bridgehead atoms. The minimum absolute atomic E-state index is 0.0657. The van der Waals surface area contributed by atoms with Crippen LogP contribution in [0.2, 0.25) is 0 Å². The van der Waals surface area contributed by atoms with Crippen molar-refractivity contribution in [2.75, 3.05) is 5.75 Å². The van der Waals surface area contributed by atoms with Crippen molar-refractivity contribution in [1.82, 2.24) is 5.32 Å². The number of benzene rings is 1. The Balaban J connectivity index is 2.22. The molecule has 1 saturated carbocycles. The van der Waals surface area contributed by atoms with Gasteiger partial charge < -0.3 is 10.4 Å². The molecule has 1 atom stereocenters. The molecule has 7 heteroatoms. The number of carboxylic acid groups (broad SMARTS) is 1. The van der Waals surface area contributed by atoms with Crippen molar-refractivity contribution in [3.05, 3.63) is 35.9 Å². The molecule has 24 heavy (non-hydrogen) atoms. The number of rotatable bonds is 8. The number of carbonyl (C=O) groups is 2. The number of carbonyl (C=O) groups excluding carboxylic acids is 1. The molecule has 1 aromatic rings. The van der Waals surface area contributed by atoms with Gasteiger partial charge in [0.1, 0.15) is 4.75 Å². The van der Waals surface area contributed by atoms with E-state index in [1.165, 1.54) is 13.8 Å². The van der Waals surface area contributed by atoms with E-state index >= 15 is 0 Å². The second-order valence-electron chi connectivity index (χ2n) is 6.74. The highest BCUT2D eigenvalue weighted by Crippen LogP contribution is 2.29. The van der Waals surface area contributed by atoms with Gasteiger partial charge in [-0.15, -0.1) is 0 Å². The van der Waals surface area contributed by atoms with Crippen LogP contribution < -0.4 is 5.32 Å². The maximum absolute atomic E-state index is 12.8. The van der Waals surface area contributed by atoms with Crippen LogP contribution in [0.4, 0.5) is 0 Å². The van der Waals surface area contributed by atoms with Gasteiger partial charge in [-0.25, -0.2) is 8.42 Å². The van der Waals surface area contributed by atoms with E-state index in [0.29, 0.717) is 5.56 Å². The first-order chi connectivity index (χ1) is 11.1. The summed E-state index contributed by atoms with van der Waals surface area (Å²) in [5.74, 6) is -2.66. The predicted molar refractivity (Wildman–Crippen MR) is 90.5 cm³/mol. The molecule has 0 spiro atoms. The molecule has 1 aliphatic rings. The fourth-order valence-corrected chi connectivity index (χ4v) is 4.01.